The van der Waals surface area contributed by atoms with Crippen LogP contribution >= 0.6 is 27.5 Å². The first-order chi connectivity index (χ1) is 6.84. The molecule has 84 valence electrons. The molecular weight excluding hydrogens is 304 g/mol. The molecule has 0 aliphatic rings. The highest BCUT2D eigenvalue weighted by molar-refractivity contribution is 9.10. The smallest absolute Gasteiger partial charge is 0.270 e. The Morgan fingerprint density at radius 3 is 2.53 bits per heavy atom. The molecule has 1 aromatic rings. The van der Waals surface area contributed by atoms with E-state index in [-0.39, 0.29) is 0 Å². The highest BCUT2D eigenvalue weighted by Gasteiger charge is 2.15. The largest absolute Gasteiger partial charge is 0.301 e. The summed E-state index contributed by atoms with van der Waals surface area (Å²) >= 11 is 9.03. The molecule has 0 unspecified atom stereocenters. The Balaban J connectivity index is 3.06. The van der Waals surface area contributed by atoms with Gasteiger partial charge in [0.05, 0.1) is 15.2 Å². The molecule has 0 aromatic heterocycles. The van der Waals surface area contributed by atoms with Crippen LogP contribution in [0.25, 0.3) is 0 Å². The van der Waals surface area contributed by atoms with Gasteiger partial charge in [0.2, 0.25) is 0 Å². The Hall–Kier alpha value is -0.300. The van der Waals surface area contributed by atoms with Gasteiger partial charge in [-0.3, -0.25) is 4.72 Å². The van der Waals surface area contributed by atoms with Crippen molar-refractivity contribution in [2.24, 2.45) is 0 Å². The first kappa shape index (κ1) is 12.8. The van der Waals surface area contributed by atoms with Crippen LogP contribution in [0.5, 0.6) is 0 Å². The molecule has 0 aliphatic carbocycles. The fraction of sp³-hybridized carbons (Fsp3) is 0.250. The summed E-state index contributed by atoms with van der Waals surface area (Å²) in [5, 5.41) is 0.453. The van der Waals surface area contributed by atoms with Crippen molar-refractivity contribution in [3.05, 3.63) is 27.7 Å². The van der Waals surface area contributed by atoms with Crippen molar-refractivity contribution >= 4 is 43.4 Å². The zero-order valence-corrected chi connectivity index (χ0v) is 11.3. The number of halogens is 2. The Morgan fingerprint density at radius 2 is 2.00 bits per heavy atom. The van der Waals surface area contributed by atoms with Crippen molar-refractivity contribution in [1.82, 2.24) is 4.31 Å². The van der Waals surface area contributed by atoms with Gasteiger partial charge >= 0.3 is 10.2 Å². The average molecular weight is 314 g/mol. The topological polar surface area (TPSA) is 49.4 Å². The molecule has 4 nitrogen and oxygen atoms in total. The summed E-state index contributed by atoms with van der Waals surface area (Å²) in [7, 11) is -0.605. The quantitative estimate of drug-likeness (QED) is 0.931. The van der Waals surface area contributed by atoms with Crippen LogP contribution in [0.15, 0.2) is 22.7 Å². The Labute approximate surface area is 103 Å². The van der Waals surface area contributed by atoms with Crippen LogP contribution in [0.4, 0.5) is 5.69 Å². The molecule has 0 amide bonds. The van der Waals surface area contributed by atoms with Gasteiger partial charge in [0.25, 0.3) is 0 Å². The summed E-state index contributed by atoms with van der Waals surface area (Å²) in [6.45, 7) is 0. The van der Waals surface area contributed by atoms with Crippen LogP contribution in [0.3, 0.4) is 0 Å². The molecule has 15 heavy (non-hydrogen) atoms. The van der Waals surface area contributed by atoms with Crippen LogP contribution in [-0.4, -0.2) is 26.8 Å². The predicted octanol–water partition coefficient (Wildman–Crippen LogP) is 2.32. The number of rotatable bonds is 3. The van der Waals surface area contributed by atoms with Crippen LogP contribution in [0.2, 0.25) is 5.02 Å². The molecule has 0 atom stereocenters. The summed E-state index contributed by atoms with van der Waals surface area (Å²) in [4.78, 5) is 0. The SMILES string of the molecule is CN(C)S(=O)(=O)Nc1cccc(Cl)c1Br. The zero-order valence-electron chi connectivity index (χ0n) is 8.16. The van der Waals surface area contributed by atoms with E-state index >= 15 is 0 Å². The number of nitrogens with one attached hydrogen (secondary N) is 1. The fourth-order valence-corrected chi connectivity index (χ4v) is 2.11. The van der Waals surface area contributed by atoms with E-state index in [1.807, 2.05) is 0 Å². The second-order valence-corrected chi connectivity index (χ2v) is 6.08. The molecule has 0 bridgehead atoms. The summed E-state index contributed by atoms with van der Waals surface area (Å²) in [5.41, 5.74) is 0.413. The maximum Gasteiger partial charge on any atom is 0.301 e. The van der Waals surface area contributed by atoms with E-state index in [0.29, 0.717) is 15.2 Å². The van der Waals surface area contributed by atoms with E-state index in [4.69, 9.17) is 11.6 Å². The van der Waals surface area contributed by atoms with Crippen molar-refractivity contribution in [2.75, 3.05) is 18.8 Å². The molecule has 0 heterocycles. The standard InChI is InChI=1S/C8H10BrClN2O2S/c1-12(2)15(13,14)11-7-5-3-4-6(10)8(7)9/h3-5,11H,1-2H3. The molecule has 7 heteroatoms. The lowest BCUT2D eigenvalue weighted by atomic mass is 10.3. The Bertz CT molecular complexity index is 462. The molecule has 0 aliphatic heterocycles. The number of hydrogen-bond donors (Lipinski definition) is 1. The van der Waals surface area contributed by atoms with Crippen molar-refractivity contribution in [1.29, 1.82) is 0 Å². The van der Waals surface area contributed by atoms with Gasteiger partial charge in [-0.25, -0.2) is 0 Å². The van der Waals surface area contributed by atoms with Crippen molar-refractivity contribution in [2.45, 2.75) is 0 Å². The number of hydrogen-bond acceptors (Lipinski definition) is 2. The maximum absolute atomic E-state index is 11.5. The second-order valence-electron chi connectivity index (χ2n) is 2.99. The van der Waals surface area contributed by atoms with Gasteiger partial charge in [-0.1, -0.05) is 17.7 Å². The molecule has 1 aromatic carbocycles. The van der Waals surface area contributed by atoms with Gasteiger partial charge in [0, 0.05) is 14.1 Å². The molecule has 0 saturated heterocycles. The minimum Gasteiger partial charge on any atom is -0.270 e. The Morgan fingerprint density at radius 1 is 1.40 bits per heavy atom. The van der Waals surface area contributed by atoms with Crippen LogP contribution < -0.4 is 4.72 Å². The van der Waals surface area contributed by atoms with Crippen molar-refractivity contribution in [3.8, 4) is 0 Å². The monoisotopic (exact) mass is 312 g/mol. The highest BCUT2D eigenvalue weighted by atomic mass is 79.9. The molecule has 0 radical (unpaired) electrons. The van der Waals surface area contributed by atoms with E-state index in [2.05, 4.69) is 20.7 Å². The number of anilines is 1. The summed E-state index contributed by atoms with van der Waals surface area (Å²) in [6.07, 6.45) is 0. The molecule has 1 rings (SSSR count). The lowest BCUT2D eigenvalue weighted by Gasteiger charge is -2.14. The first-order valence-electron chi connectivity index (χ1n) is 3.99. The third-order valence-corrected chi connectivity index (χ3v) is 4.51. The molecule has 0 spiro atoms. The van der Waals surface area contributed by atoms with Crippen molar-refractivity contribution < 1.29 is 8.42 Å². The summed E-state index contributed by atoms with van der Waals surface area (Å²) in [5.74, 6) is 0. The molecule has 0 fully saturated rings. The molecular formula is C8H10BrClN2O2S. The van der Waals surface area contributed by atoms with E-state index in [9.17, 15) is 8.42 Å². The van der Waals surface area contributed by atoms with Gasteiger partial charge in [-0.05, 0) is 28.1 Å². The van der Waals surface area contributed by atoms with Crippen molar-refractivity contribution in [3.63, 3.8) is 0 Å². The average Bonchev–Trinajstić information content (AvgIpc) is 2.12. The number of nitrogens with zero attached hydrogens (tertiary/aromatic N) is 1. The van der Waals surface area contributed by atoms with Crippen LogP contribution in [0, 0.1) is 0 Å². The summed E-state index contributed by atoms with van der Waals surface area (Å²) < 4.78 is 27.0. The van der Waals surface area contributed by atoms with E-state index in [1.54, 1.807) is 18.2 Å². The maximum atomic E-state index is 11.5. The van der Waals surface area contributed by atoms with Gasteiger partial charge in [-0.2, -0.15) is 12.7 Å². The lowest BCUT2D eigenvalue weighted by Crippen LogP contribution is -2.29. The van der Waals surface area contributed by atoms with E-state index in [1.165, 1.54) is 14.1 Å². The third kappa shape index (κ3) is 3.07. The van der Waals surface area contributed by atoms with E-state index < -0.39 is 10.2 Å². The zero-order chi connectivity index (χ0) is 11.6. The van der Waals surface area contributed by atoms with Gasteiger partial charge in [0.1, 0.15) is 0 Å². The third-order valence-electron chi connectivity index (χ3n) is 1.67. The summed E-state index contributed by atoms with van der Waals surface area (Å²) in [6, 6.07) is 4.96. The first-order valence-corrected chi connectivity index (χ1v) is 6.60. The van der Waals surface area contributed by atoms with E-state index in [0.717, 1.165) is 4.31 Å². The Kier molecular flexibility index (Phi) is 3.99. The molecule has 0 saturated carbocycles. The van der Waals surface area contributed by atoms with Gasteiger partial charge < -0.3 is 0 Å². The van der Waals surface area contributed by atoms with Gasteiger partial charge in [0.15, 0.2) is 0 Å². The minimum absolute atomic E-state index is 0.413. The minimum atomic E-state index is -3.50. The predicted molar refractivity (Wildman–Crippen MR) is 65.4 cm³/mol. The highest BCUT2D eigenvalue weighted by Crippen LogP contribution is 2.30. The fourth-order valence-electron chi connectivity index (χ4n) is 0.813. The lowest BCUT2D eigenvalue weighted by molar-refractivity contribution is 0.527. The second kappa shape index (κ2) is 4.69. The normalized spacial score (nSPS) is 11.8. The van der Waals surface area contributed by atoms with Crippen LogP contribution in [-0.2, 0) is 10.2 Å². The van der Waals surface area contributed by atoms with Gasteiger partial charge in [-0.15, -0.1) is 0 Å². The molecule has 1 N–H and O–H groups in total. The van der Waals surface area contributed by atoms with Crippen LogP contribution in [0.1, 0.15) is 0 Å². The number of benzene rings is 1.